The van der Waals surface area contributed by atoms with Crippen LogP contribution in [0.4, 0.5) is 0 Å². The van der Waals surface area contributed by atoms with E-state index in [0.717, 1.165) is 64.2 Å². The number of hydrogen-bond donors (Lipinski definition) is 0. The average molecular weight is 879 g/mol. The van der Waals surface area contributed by atoms with Gasteiger partial charge in [0.05, 0.1) is 34.2 Å². The second kappa shape index (κ2) is 41.8. The lowest BCUT2D eigenvalue weighted by atomic mass is 10.1. The first-order valence-electron chi connectivity index (χ1n) is 25.8. The van der Waals surface area contributed by atoms with Crippen LogP contribution in [0, 0.1) is 0 Å². The largest absolute Gasteiger partial charge is 0.381 e. The van der Waals surface area contributed by atoms with E-state index in [4.69, 9.17) is 14.2 Å². The average Bonchev–Trinajstić information content (AvgIpc) is 3.20. The van der Waals surface area contributed by atoms with Crippen LogP contribution in [0.15, 0.2) is 0 Å². The van der Waals surface area contributed by atoms with Crippen LogP contribution in [0.2, 0.25) is 0 Å². The Morgan fingerprint density at radius 1 is 0.322 bits per heavy atom. The molecule has 0 aliphatic heterocycles. The van der Waals surface area contributed by atoms with Gasteiger partial charge in [-0.05, 0) is 52.4 Å². The predicted octanol–water partition coefficient (Wildman–Crippen LogP) is 14.7. The van der Waals surface area contributed by atoms with Crippen LogP contribution in [0.25, 0.3) is 0 Å². The zero-order valence-corrected chi connectivity index (χ0v) is 41.9. The second-order valence-electron chi connectivity index (χ2n) is 18.1. The van der Waals surface area contributed by atoms with Crippen LogP contribution in [-0.2, 0) is 33.9 Å². The Labute approximate surface area is 369 Å². The summed E-state index contributed by atoms with van der Waals surface area (Å²) in [5, 5.41) is -0.886. The van der Waals surface area contributed by atoms with Crippen molar-refractivity contribution >= 4 is 19.7 Å². The molecule has 7 nitrogen and oxygen atoms in total. The SMILES string of the molecule is CCCCCCCCCCCS(=O)(=O)C(CCCCCCCC)C(C)OCCCOCCCOC(C)C(CCCCCCCC)S(=O)(=O)CCCCCCCCCCC. The van der Waals surface area contributed by atoms with E-state index in [1.807, 2.05) is 13.8 Å². The third kappa shape index (κ3) is 34.9. The Kier molecular flexibility index (Phi) is 41.6. The molecular formula is C50H102O7S2. The highest BCUT2D eigenvalue weighted by Gasteiger charge is 2.32. The van der Waals surface area contributed by atoms with Gasteiger partial charge in [0.1, 0.15) is 0 Å². The van der Waals surface area contributed by atoms with Crippen LogP contribution in [0.5, 0.6) is 0 Å². The maximum Gasteiger partial charge on any atom is 0.155 e. The van der Waals surface area contributed by atoms with Crippen molar-refractivity contribution in [2.45, 2.75) is 283 Å². The molecular weight excluding hydrogens is 777 g/mol. The summed E-state index contributed by atoms with van der Waals surface area (Å²) >= 11 is 0. The van der Waals surface area contributed by atoms with Crippen molar-refractivity contribution in [2.24, 2.45) is 0 Å². The van der Waals surface area contributed by atoms with E-state index in [1.54, 1.807) is 0 Å². The number of ether oxygens (including phenoxy) is 3. The minimum Gasteiger partial charge on any atom is -0.381 e. The zero-order valence-electron chi connectivity index (χ0n) is 40.3. The fourth-order valence-electron chi connectivity index (χ4n) is 8.37. The molecule has 4 unspecified atom stereocenters. The van der Waals surface area contributed by atoms with Gasteiger partial charge in [0.15, 0.2) is 19.7 Å². The summed E-state index contributed by atoms with van der Waals surface area (Å²) in [7, 11) is -6.47. The van der Waals surface area contributed by atoms with Gasteiger partial charge in [0.25, 0.3) is 0 Å². The number of unbranched alkanes of at least 4 members (excludes halogenated alkanes) is 26. The summed E-state index contributed by atoms with van der Waals surface area (Å²) in [4.78, 5) is 0. The van der Waals surface area contributed by atoms with Crippen molar-refractivity contribution < 1.29 is 31.0 Å². The van der Waals surface area contributed by atoms with E-state index in [1.165, 1.54) is 128 Å². The van der Waals surface area contributed by atoms with Crippen molar-refractivity contribution in [3.05, 3.63) is 0 Å². The Morgan fingerprint density at radius 3 is 0.864 bits per heavy atom. The molecule has 9 heteroatoms. The summed E-state index contributed by atoms with van der Waals surface area (Å²) in [6, 6.07) is 0. The van der Waals surface area contributed by atoms with Crippen LogP contribution >= 0.6 is 0 Å². The van der Waals surface area contributed by atoms with Crippen LogP contribution in [-0.4, -0.2) is 77.5 Å². The van der Waals surface area contributed by atoms with Crippen molar-refractivity contribution in [1.29, 1.82) is 0 Å². The molecule has 0 rings (SSSR count). The first kappa shape index (κ1) is 58.8. The molecule has 0 radical (unpaired) electrons. The van der Waals surface area contributed by atoms with Gasteiger partial charge in [0.2, 0.25) is 0 Å². The molecule has 0 aliphatic rings. The third-order valence-corrected chi connectivity index (χ3v) is 17.1. The molecule has 0 aliphatic carbocycles. The lowest BCUT2D eigenvalue weighted by Crippen LogP contribution is -2.36. The minimum atomic E-state index is -3.23. The zero-order chi connectivity index (χ0) is 43.7. The summed E-state index contributed by atoms with van der Waals surface area (Å²) in [6.45, 7) is 14.9. The van der Waals surface area contributed by atoms with Gasteiger partial charge < -0.3 is 14.2 Å². The Balaban J connectivity index is 4.73. The van der Waals surface area contributed by atoms with E-state index in [0.29, 0.717) is 52.1 Å². The summed E-state index contributed by atoms with van der Waals surface area (Å²) in [5.74, 6) is 0.539. The van der Waals surface area contributed by atoms with Crippen LogP contribution < -0.4 is 0 Å². The van der Waals surface area contributed by atoms with E-state index in [9.17, 15) is 16.8 Å². The lowest BCUT2D eigenvalue weighted by molar-refractivity contribution is 0.0240. The molecule has 0 aromatic carbocycles. The van der Waals surface area contributed by atoms with Gasteiger partial charge in [-0.2, -0.15) is 0 Å². The van der Waals surface area contributed by atoms with Gasteiger partial charge in [-0.25, -0.2) is 16.8 Å². The molecule has 356 valence electrons. The molecule has 0 spiro atoms. The van der Waals surface area contributed by atoms with Gasteiger partial charge in [-0.3, -0.25) is 0 Å². The summed E-state index contributed by atoms with van der Waals surface area (Å²) in [5.41, 5.74) is 0. The highest BCUT2D eigenvalue weighted by atomic mass is 32.2. The highest BCUT2D eigenvalue weighted by molar-refractivity contribution is 7.92. The smallest absolute Gasteiger partial charge is 0.155 e. The number of hydrogen-bond acceptors (Lipinski definition) is 7. The number of rotatable bonds is 48. The van der Waals surface area contributed by atoms with Gasteiger partial charge >= 0.3 is 0 Å². The maximum absolute atomic E-state index is 13.6. The van der Waals surface area contributed by atoms with Crippen molar-refractivity contribution in [3.63, 3.8) is 0 Å². The molecule has 59 heavy (non-hydrogen) atoms. The molecule has 4 atom stereocenters. The molecule has 0 saturated heterocycles. The van der Waals surface area contributed by atoms with E-state index in [-0.39, 0.29) is 23.7 Å². The van der Waals surface area contributed by atoms with Crippen molar-refractivity contribution in [1.82, 2.24) is 0 Å². The minimum absolute atomic E-state index is 0.270. The molecule has 0 fully saturated rings. The molecule has 0 amide bonds. The molecule has 0 aromatic rings. The molecule has 0 heterocycles. The standard InChI is InChI=1S/C50H102O7S2/c1-7-11-15-19-23-25-27-31-35-45-58(51,52)49(39-33-29-21-17-13-9-3)47(5)56-43-37-41-55-42-38-44-57-48(6)50(40-34-30-22-18-14-10-4)59(53,54)46-36-32-28-26-24-20-16-12-8-2/h47-50H,7-46H2,1-6H3. The van der Waals surface area contributed by atoms with Gasteiger partial charge in [0, 0.05) is 26.4 Å². The highest BCUT2D eigenvalue weighted by Crippen LogP contribution is 2.23. The number of sulfone groups is 2. The Bertz CT molecular complexity index is 997. The van der Waals surface area contributed by atoms with Crippen molar-refractivity contribution in [3.8, 4) is 0 Å². The normalized spacial score (nSPS) is 14.5. The summed E-state index contributed by atoms with van der Waals surface area (Å²) < 4.78 is 72.6. The molecule has 0 bridgehead atoms. The van der Waals surface area contributed by atoms with E-state index < -0.39 is 30.2 Å². The Hall–Kier alpha value is -0.220. The van der Waals surface area contributed by atoms with Crippen LogP contribution in [0.3, 0.4) is 0 Å². The lowest BCUT2D eigenvalue weighted by Gasteiger charge is -2.25. The molecule has 0 N–H and O–H groups in total. The van der Waals surface area contributed by atoms with Gasteiger partial charge in [-0.1, -0.05) is 207 Å². The molecule has 0 aromatic heterocycles. The van der Waals surface area contributed by atoms with E-state index in [2.05, 4.69) is 27.7 Å². The summed E-state index contributed by atoms with van der Waals surface area (Å²) in [6.07, 6.45) is 37.0. The first-order valence-corrected chi connectivity index (χ1v) is 29.2. The third-order valence-electron chi connectivity index (χ3n) is 12.3. The topological polar surface area (TPSA) is 96.0 Å². The Morgan fingerprint density at radius 2 is 0.576 bits per heavy atom. The van der Waals surface area contributed by atoms with E-state index >= 15 is 0 Å². The first-order chi connectivity index (χ1) is 28.6. The quantitative estimate of drug-likeness (QED) is 0.0562. The van der Waals surface area contributed by atoms with Crippen molar-refractivity contribution in [2.75, 3.05) is 37.9 Å². The predicted molar refractivity (Wildman–Crippen MR) is 256 cm³/mol. The van der Waals surface area contributed by atoms with Gasteiger partial charge in [-0.15, -0.1) is 0 Å². The fourth-order valence-corrected chi connectivity index (χ4v) is 12.6. The second-order valence-corrected chi connectivity index (χ2v) is 22.7. The molecule has 0 saturated carbocycles. The fraction of sp³-hybridized carbons (Fsp3) is 1.00. The van der Waals surface area contributed by atoms with Crippen LogP contribution in [0.1, 0.15) is 260 Å². The monoisotopic (exact) mass is 879 g/mol. The maximum atomic E-state index is 13.6.